The van der Waals surface area contributed by atoms with Crippen LogP contribution in [0.5, 0.6) is 0 Å². The molecule has 1 heterocycles. The summed E-state index contributed by atoms with van der Waals surface area (Å²) in [6.45, 7) is 1.64. The van der Waals surface area contributed by atoms with Gasteiger partial charge in [-0.05, 0) is 12.1 Å². The SMILES string of the molecule is COCCN(Cc1cccn1C)C(=O)CN(CCOC)C(=O)C(Cl)Cl. The zero-order valence-corrected chi connectivity index (χ0v) is 16.3. The molecule has 0 aliphatic heterocycles. The van der Waals surface area contributed by atoms with Gasteiger partial charge in [-0.25, -0.2) is 0 Å². The van der Waals surface area contributed by atoms with Gasteiger partial charge in [-0.3, -0.25) is 9.59 Å². The van der Waals surface area contributed by atoms with Crippen LogP contribution in [0, 0.1) is 0 Å². The lowest BCUT2D eigenvalue weighted by atomic mass is 10.3. The highest BCUT2D eigenvalue weighted by Crippen LogP contribution is 2.10. The van der Waals surface area contributed by atoms with E-state index in [1.807, 2.05) is 29.9 Å². The molecule has 0 saturated carbocycles. The van der Waals surface area contributed by atoms with Crippen LogP contribution in [0.3, 0.4) is 0 Å². The third-order valence-corrected chi connectivity index (χ3v) is 4.09. The minimum absolute atomic E-state index is 0.119. The number of hydrogen-bond acceptors (Lipinski definition) is 4. The van der Waals surface area contributed by atoms with Crippen molar-refractivity contribution in [1.82, 2.24) is 14.4 Å². The van der Waals surface area contributed by atoms with Gasteiger partial charge in [0, 0.05) is 46.2 Å². The molecule has 0 spiro atoms. The molecule has 0 aromatic carbocycles. The zero-order chi connectivity index (χ0) is 18.8. The fourth-order valence-electron chi connectivity index (χ4n) is 2.22. The molecule has 1 rings (SSSR count). The van der Waals surface area contributed by atoms with Gasteiger partial charge < -0.3 is 23.8 Å². The number of ether oxygens (including phenoxy) is 2. The molecule has 25 heavy (non-hydrogen) atoms. The predicted octanol–water partition coefficient (Wildman–Crippen LogP) is 1.28. The van der Waals surface area contributed by atoms with Gasteiger partial charge in [-0.1, -0.05) is 23.2 Å². The third kappa shape index (κ3) is 7.23. The van der Waals surface area contributed by atoms with Crippen LogP contribution in [-0.2, 0) is 32.7 Å². The second-order valence-corrected chi connectivity index (χ2v) is 6.57. The number of methoxy groups -OCH3 is 2. The molecule has 0 atom stereocenters. The molecular formula is C16H25Cl2N3O4. The number of carbonyl (C=O) groups excluding carboxylic acids is 2. The summed E-state index contributed by atoms with van der Waals surface area (Å²) in [6, 6.07) is 3.85. The Balaban J connectivity index is 2.82. The van der Waals surface area contributed by atoms with Crippen LogP contribution < -0.4 is 0 Å². The zero-order valence-electron chi connectivity index (χ0n) is 14.8. The highest BCUT2D eigenvalue weighted by molar-refractivity contribution is 6.53. The first kappa shape index (κ1) is 21.8. The Morgan fingerprint density at radius 3 is 2.24 bits per heavy atom. The van der Waals surface area contributed by atoms with E-state index in [9.17, 15) is 9.59 Å². The van der Waals surface area contributed by atoms with Gasteiger partial charge in [0.05, 0.1) is 26.3 Å². The van der Waals surface area contributed by atoms with Crippen LogP contribution >= 0.6 is 23.2 Å². The maximum absolute atomic E-state index is 12.7. The second kappa shape index (κ2) is 11.4. The van der Waals surface area contributed by atoms with Crippen LogP contribution in [0.2, 0.25) is 0 Å². The molecule has 0 fully saturated rings. The number of halogens is 2. The molecule has 0 aliphatic carbocycles. The first-order chi connectivity index (χ1) is 11.9. The Morgan fingerprint density at radius 1 is 1.16 bits per heavy atom. The summed E-state index contributed by atoms with van der Waals surface area (Å²) in [5.41, 5.74) is 0.979. The molecule has 9 heteroatoms. The van der Waals surface area contributed by atoms with Gasteiger partial charge >= 0.3 is 0 Å². The number of nitrogens with zero attached hydrogens (tertiary/aromatic N) is 3. The van der Waals surface area contributed by atoms with E-state index in [0.717, 1.165) is 5.69 Å². The molecule has 1 aromatic heterocycles. The van der Waals surface area contributed by atoms with E-state index in [2.05, 4.69) is 0 Å². The highest BCUT2D eigenvalue weighted by Gasteiger charge is 2.25. The lowest BCUT2D eigenvalue weighted by molar-refractivity contribution is -0.140. The maximum Gasteiger partial charge on any atom is 0.256 e. The Hall–Kier alpha value is -1.28. The second-order valence-electron chi connectivity index (χ2n) is 5.47. The minimum Gasteiger partial charge on any atom is -0.383 e. The van der Waals surface area contributed by atoms with E-state index in [0.29, 0.717) is 19.7 Å². The van der Waals surface area contributed by atoms with Crippen molar-refractivity contribution in [1.29, 1.82) is 0 Å². The van der Waals surface area contributed by atoms with E-state index >= 15 is 0 Å². The number of rotatable bonds is 11. The number of aryl methyl sites for hydroxylation is 1. The van der Waals surface area contributed by atoms with Gasteiger partial charge in [0.1, 0.15) is 0 Å². The van der Waals surface area contributed by atoms with Gasteiger partial charge in [-0.2, -0.15) is 0 Å². The molecule has 0 aliphatic rings. The topological polar surface area (TPSA) is 64.0 Å². The number of aromatic nitrogens is 1. The summed E-state index contributed by atoms with van der Waals surface area (Å²) in [6.07, 6.45) is 1.91. The largest absolute Gasteiger partial charge is 0.383 e. The monoisotopic (exact) mass is 393 g/mol. The van der Waals surface area contributed by atoms with Crippen molar-refractivity contribution in [2.45, 2.75) is 11.4 Å². The molecule has 0 saturated heterocycles. The van der Waals surface area contributed by atoms with Crippen molar-refractivity contribution in [2.75, 3.05) is 47.1 Å². The van der Waals surface area contributed by atoms with E-state index in [1.54, 1.807) is 12.0 Å². The van der Waals surface area contributed by atoms with Gasteiger partial charge in [0.2, 0.25) is 5.91 Å². The molecule has 142 valence electrons. The molecular weight excluding hydrogens is 369 g/mol. The average Bonchev–Trinajstić information content (AvgIpc) is 2.99. The van der Waals surface area contributed by atoms with Gasteiger partial charge in [0.15, 0.2) is 4.84 Å². The Morgan fingerprint density at radius 2 is 1.76 bits per heavy atom. The molecule has 0 radical (unpaired) electrons. The normalized spacial score (nSPS) is 11.0. The number of alkyl halides is 2. The smallest absolute Gasteiger partial charge is 0.256 e. The lowest BCUT2D eigenvalue weighted by Gasteiger charge is -2.28. The lowest BCUT2D eigenvalue weighted by Crippen LogP contribution is -2.46. The predicted molar refractivity (Wildman–Crippen MR) is 96.7 cm³/mol. The van der Waals surface area contributed by atoms with Crippen molar-refractivity contribution >= 4 is 35.0 Å². The fourth-order valence-corrected chi connectivity index (χ4v) is 2.50. The molecule has 1 aromatic rings. The summed E-state index contributed by atoms with van der Waals surface area (Å²) in [7, 11) is 5.00. The Bertz CT molecular complexity index is 551. The standard InChI is InChI=1S/C16H25Cl2N3O4/c1-19-6-4-5-13(19)11-20(7-9-24-2)14(22)12-21(8-10-25-3)16(23)15(17)18/h4-6,15H,7-12H2,1-3H3. The van der Waals surface area contributed by atoms with Crippen molar-refractivity contribution in [3.05, 3.63) is 24.0 Å². The van der Waals surface area contributed by atoms with E-state index in [1.165, 1.54) is 12.0 Å². The Labute approximate surface area is 158 Å². The summed E-state index contributed by atoms with van der Waals surface area (Å²) < 4.78 is 12.0. The number of amides is 2. The van der Waals surface area contributed by atoms with E-state index < -0.39 is 10.7 Å². The summed E-state index contributed by atoms with van der Waals surface area (Å²) >= 11 is 11.3. The maximum atomic E-state index is 12.7. The quantitative estimate of drug-likeness (QED) is 0.531. The number of hydrogen-bond donors (Lipinski definition) is 0. The highest BCUT2D eigenvalue weighted by atomic mass is 35.5. The van der Waals surface area contributed by atoms with Crippen LogP contribution in [0.25, 0.3) is 0 Å². The summed E-state index contributed by atoms with van der Waals surface area (Å²) in [4.78, 5) is 26.6. The van der Waals surface area contributed by atoms with Crippen molar-refractivity contribution in [3.8, 4) is 0 Å². The summed E-state index contributed by atoms with van der Waals surface area (Å²) in [5.74, 6) is -0.726. The molecule has 2 amide bonds. The van der Waals surface area contributed by atoms with Crippen LogP contribution in [0.4, 0.5) is 0 Å². The summed E-state index contributed by atoms with van der Waals surface area (Å²) in [5, 5.41) is 0. The molecule has 0 unspecified atom stereocenters. The van der Waals surface area contributed by atoms with Gasteiger partial charge in [-0.15, -0.1) is 0 Å². The third-order valence-electron chi connectivity index (χ3n) is 3.71. The van der Waals surface area contributed by atoms with E-state index in [4.69, 9.17) is 32.7 Å². The first-order valence-electron chi connectivity index (χ1n) is 7.83. The molecule has 0 bridgehead atoms. The van der Waals surface area contributed by atoms with Crippen LogP contribution in [-0.4, -0.2) is 78.1 Å². The molecule has 7 nitrogen and oxygen atoms in total. The molecule has 0 N–H and O–H groups in total. The van der Waals surface area contributed by atoms with Crippen molar-refractivity contribution in [3.63, 3.8) is 0 Å². The number of carbonyl (C=O) groups is 2. The van der Waals surface area contributed by atoms with Crippen LogP contribution in [0.1, 0.15) is 5.69 Å². The van der Waals surface area contributed by atoms with Gasteiger partial charge in [0.25, 0.3) is 5.91 Å². The van der Waals surface area contributed by atoms with Crippen LogP contribution in [0.15, 0.2) is 18.3 Å². The Kier molecular flexibility index (Phi) is 9.89. The average molecular weight is 394 g/mol. The van der Waals surface area contributed by atoms with E-state index in [-0.39, 0.29) is 25.6 Å². The minimum atomic E-state index is -1.22. The van der Waals surface area contributed by atoms with Crippen molar-refractivity contribution < 1.29 is 19.1 Å². The fraction of sp³-hybridized carbons (Fsp3) is 0.625. The van der Waals surface area contributed by atoms with Crippen molar-refractivity contribution in [2.24, 2.45) is 7.05 Å². The first-order valence-corrected chi connectivity index (χ1v) is 8.70.